The zero-order valence-corrected chi connectivity index (χ0v) is 22.0. The van der Waals surface area contributed by atoms with Crippen molar-refractivity contribution in [2.75, 3.05) is 44.8 Å². The number of tetrazole rings is 1. The molecule has 0 aliphatic carbocycles. The molecule has 198 valence electrons. The van der Waals surface area contributed by atoms with Crippen molar-refractivity contribution in [3.05, 3.63) is 75.3 Å². The predicted molar refractivity (Wildman–Crippen MR) is 145 cm³/mol. The molecule has 4 heterocycles. The van der Waals surface area contributed by atoms with Crippen LogP contribution < -0.4 is 15.2 Å². The monoisotopic (exact) mass is 535 g/mol. The van der Waals surface area contributed by atoms with Crippen molar-refractivity contribution in [3.8, 4) is 5.75 Å². The largest absolute Gasteiger partial charge is 0.497 e. The van der Waals surface area contributed by atoms with Crippen molar-refractivity contribution in [2.45, 2.75) is 31.5 Å². The molecule has 6 rings (SSSR count). The van der Waals surface area contributed by atoms with Gasteiger partial charge in [-0.1, -0.05) is 17.7 Å². The number of halogens is 1. The van der Waals surface area contributed by atoms with Crippen LogP contribution in [0.15, 0.2) is 53.3 Å². The van der Waals surface area contributed by atoms with Gasteiger partial charge in [0.15, 0.2) is 5.82 Å². The third-order valence-electron chi connectivity index (χ3n) is 7.43. The minimum atomic E-state index is -0.424. The molecule has 1 N–H and O–H groups in total. The smallest absolute Gasteiger partial charge is 0.253 e. The molecular formula is C27H30ClN7O3. The van der Waals surface area contributed by atoms with Gasteiger partial charge in [0.2, 0.25) is 0 Å². The third-order valence-corrected chi connectivity index (χ3v) is 7.67. The van der Waals surface area contributed by atoms with E-state index >= 15 is 0 Å². The van der Waals surface area contributed by atoms with Gasteiger partial charge in [0.1, 0.15) is 11.8 Å². The summed E-state index contributed by atoms with van der Waals surface area (Å²) in [6.07, 6.45) is 2.07. The van der Waals surface area contributed by atoms with E-state index in [1.165, 1.54) is 0 Å². The van der Waals surface area contributed by atoms with Gasteiger partial charge in [-0.15, -0.1) is 5.10 Å². The Morgan fingerprint density at radius 3 is 2.79 bits per heavy atom. The molecule has 0 saturated carbocycles. The quantitative estimate of drug-likeness (QED) is 0.385. The van der Waals surface area contributed by atoms with Crippen molar-refractivity contribution in [2.24, 2.45) is 0 Å². The summed E-state index contributed by atoms with van der Waals surface area (Å²) in [6, 6.07) is 15.1. The summed E-state index contributed by atoms with van der Waals surface area (Å²) in [5.74, 6) is 1.37. The maximum absolute atomic E-state index is 13.5. The first kappa shape index (κ1) is 24.8. The number of aromatic nitrogens is 5. The molecule has 10 nitrogen and oxygen atoms in total. The SMILES string of the molecule is COc1ccc2[nH]c(=O)c([C@H](c3nnnn3C[C@@H]3CCCO3)N3CCN(c4cccc(Cl)c4)CC3)cc2c1. The molecule has 2 aliphatic heterocycles. The van der Waals surface area contributed by atoms with E-state index in [9.17, 15) is 4.79 Å². The Bertz CT molecular complexity index is 1480. The van der Waals surface area contributed by atoms with E-state index in [1.807, 2.05) is 42.5 Å². The molecule has 2 aromatic heterocycles. The molecule has 2 aromatic carbocycles. The highest BCUT2D eigenvalue weighted by atomic mass is 35.5. The molecule has 4 aromatic rings. The normalized spacial score (nSPS) is 19.2. The average Bonchev–Trinajstić information content (AvgIpc) is 3.62. The van der Waals surface area contributed by atoms with Crippen molar-refractivity contribution in [1.29, 1.82) is 0 Å². The molecule has 2 aliphatic rings. The molecule has 38 heavy (non-hydrogen) atoms. The van der Waals surface area contributed by atoms with Gasteiger partial charge in [-0.2, -0.15) is 0 Å². The number of methoxy groups -OCH3 is 1. The van der Waals surface area contributed by atoms with Crippen LogP contribution in [-0.4, -0.2) is 76.1 Å². The lowest BCUT2D eigenvalue weighted by molar-refractivity contribution is 0.0906. The second-order valence-electron chi connectivity index (χ2n) is 9.77. The molecule has 2 saturated heterocycles. The fraction of sp³-hybridized carbons (Fsp3) is 0.407. The summed E-state index contributed by atoms with van der Waals surface area (Å²) in [5.41, 5.74) is 2.29. The molecule has 11 heteroatoms. The van der Waals surface area contributed by atoms with Gasteiger partial charge in [0.25, 0.3) is 5.56 Å². The van der Waals surface area contributed by atoms with E-state index in [4.69, 9.17) is 21.1 Å². The number of nitrogens with one attached hydrogen (secondary N) is 1. The number of rotatable bonds is 7. The highest BCUT2D eigenvalue weighted by molar-refractivity contribution is 6.30. The van der Waals surface area contributed by atoms with Crippen LogP contribution >= 0.6 is 11.6 Å². The number of nitrogens with zero attached hydrogens (tertiary/aromatic N) is 6. The number of hydrogen-bond donors (Lipinski definition) is 1. The molecular weight excluding hydrogens is 506 g/mol. The Kier molecular flexibility index (Phi) is 7.01. The Morgan fingerprint density at radius 1 is 1.16 bits per heavy atom. The van der Waals surface area contributed by atoms with Crippen LogP contribution in [0.3, 0.4) is 0 Å². The zero-order valence-electron chi connectivity index (χ0n) is 21.2. The standard InChI is InChI=1S/C27H30ClN7O3/c1-37-21-7-8-24-18(14-21)15-23(27(36)29-24)25(26-30-31-32-35(26)17-22-6-3-13-38-22)34-11-9-33(10-12-34)20-5-2-4-19(28)16-20/h2,4-5,7-8,14-16,22,25H,3,6,9-13,17H2,1H3,(H,29,36)/t22-,25+/m0/s1. The molecule has 0 radical (unpaired) electrons. The Labute approximate surface area is 225 Å². The first-order valence-corrected chi connectivity index (χ1v) is 13.3. The minimum Gasteiger partial charge on any atom is -0.497 e. The maximum Gasteiger partial charge on any atom is 0.253 e. The Hall–Kier alpha value is -3.47. The lowest BCUT2D eigenvalue weighted by Gasteiger charge is -2.39. The number of H-pyrrole nitrogens is 1. The second kappa shape index (κ2) is 10.7. The van der Waals surface area contributed by atoms with Crippen molar-refractivity contribution in [1.82, 2.24) is 30.1 Å². The third kappa shape index (κ3) is 4.99. The lowest BCUT2D eigenvalue weighted by atomic mass is 10.0. The number of piperazine rings is 1. The van der Waals surface area contributed by atoms with E-state index < -0.39 is 6.04 Å². The van der Waals surface area contributed by atoms with Crippen molar-refractivity contribution >= 4 is 28.2 Å². The summed E-state index contributed by atoms with van der Waals surface area (Å²) < 4.78 is 13.1. The first-order chi connectivity index (χ1) is 18.6. The number of fused-ring (bicyclic) bond motifs is 1. The van der Waals surface area contributed by atoms with Crippen LogP contribution in [0.1, 0.15) is 30.3 Å². The van der Waals surface area contributed by atoms with Gasteiger partial charge in [-0.25, -0.2) is 4.68 Å². The average molecular weight is 536 g/mol. The van der Waals surface area contributed by atoms with Crippen LogP contribution in [-0.2, 0) is 11.3 Å². The second-order valence-corrected chi connectivity index (χ2v) is 10.2. The summed E-state index contributed by atoms with van der Waals surface area (Å²) in [5, 5.41) is 14.4. The van der Waals surface area contributed by atoms with E-state index in [2.05, 4.69) is 36.4 Å². The van der Waals surface area contributed by atoms with Crippen LogP contribution in [0.4, 0.5) is 5.69 Å². The van der Waals surface area contributed by atoms with E-state index in [0.717, 1.165) is 68.0 Å². The zero-order chi connectivity index (χ0) is 26.1. The predicted octanol–water partition coefficient (Wildman–Crippen LogP) is 3.27. The Morgan fingerprint density at radius 2 is 2.03 bits per heavy atom. The summed E-state index contributed by atoms with van der Waals surface area (Å²) in [6.45, 7) is 4.32. The van der Waals surface area contributed by atoms with Gasteiger partial charge < -0.3 is 19.4 Å². The van der Waals surface area contributed by atoms with Gasteiger partial charge in [0.05, 0.1) is 19.8 Å². The van der Waals surface area contributed by atoms with E-state index in [1.54, 1.807) is 11.8 Å². The summed E-state index contributed by atoms with van der Waals surface area (Å²) >= 11 is 6.25. The molecule has 0 bridgehead atoms. The number of anilines is 1. The van der Waals surface area contributed by atoms with Crippen LogP contribution in [0.25, 0.3) is 10.9 Å². The van der Waals surface area contributed by atoms with Gasteiger partial charge in [-0.3, -0.25) is 9.69 Å². The molecule has 2 atom stereocenters. The first-order valence-electron chi connectivity index (χ1n) is 12.9. The van der Waals surface area contributed by atoms with Crippen LogP contribution in [0, 0.1) is 0 Å². The number of ether oxygens (including phenoxy) is 2. The van der Waals surface area contributed by atoms with E-state index in [-0.39, 0.29) is 11.7 Å². The van der Waals surface area contributed by atoms with E-state index in [0.29, 0.717) is 23.0 Å². The highest BCUT2D eigenvalue weighted by Crippen LogP contribution is 2.30. The molecule has 0 amide bonds. The minimum absolute atomic E-state index is 0.0664. The fourth-order valence-electron chi connectivity index (χ4n) is 5.46. The lowest BCUT2D eigenvalue weighted by Crippen LogP contribution is -2.49. The number of benzene rings is 2. The summed E-state index contributed by atoms with van der Waals surface area (Å²) in [7, 11) is 1.63. The maximum atomic E-state index is 13.5. The van der Waals surface area contributed by atoms with Gasteiger partial charge in [-0.05, 0) is 65.7 Å². The van der Waals surface area contributed by atoms with Gasteiger partial charge >= 0.3 is 0 Å². The topological polar surface area (TPSA) is 101 Å². The van der Waals surface area contributed by atoms with Crippen LogP contribution in [0.2, 0.25) is 5.02 Å². The Balaban J connectivity index is 1.37. The van der Waals surface area contributed by atoms with Crippen molar-refractivity contribution in [3.63, 3.8) is 0 Å². The number of pyridine rings is 1. The summed E-state index contributed by atoms with van der Waals surface area (Å²) in [4.78, 5) is 21.2. The van der Waals surface area contributed by atoms with Gasteiger partial charge in [0, 0.05) is 60.0 Å². The highest BCUT2D eigenvalue weighted by Gasteiger charge is 2.33. The molecule has 2 fully saturated rings. The fourth-order valence-corrected chi connectivity index (χ4v) is 5.65. The number of hydrogen-bond acceptors (Lipinski definition) is 8. The van der Waals surface area contributed by atoms with Crippen LogP contribution in [0.5, 0.6) is 5.75 Å². The molecule has 0 unspecified atom stereocenters. The van der Waals surface area contributed by atoms with Crippen molar-refractivity contribution < 1.29 is 9.47 Å². The number of aromatic amines is 1. The molecule has 0 spiro atoms.